The third-order valence-corrected chi connectivity index (χ3v) is 3.79. The van der Waals surface area contributed by atoms with Gasteiger partial charge in [0.15, 0.2) is 0 Å². The van der Waals surface area contributed by atoms with Crippen molar-refractivity contribution in [1.29, 1.82) is 0 Å². The Bertz CT molecular complexity index is 548. The number of nitrogens with zero attached hydrogens (tertiary/aromatic N) is 3. The average molecular weight is 292 g/mol. The van der Waals surface area contributed by atoms with E-state index in [-0.39, 0.29) is 23.9 Å². The molecule has 1 aromatic heterocycles. The SMILES string of the molecule is CC1CC(=O)NC(C)(C)C(=O)N1Cc1ccn(C(C)C)n1. The average Bonchev–Trinajstić information content (AvgIpc) is 2.79. The zero-order valence-electron chi connectivity index (χ0n) is 13.4. The molecular formula is C15H24N4O2. The van der Waals surface area contributed by atoms with Crippen LogP contribution in [0.25, 0.3) is 0 Å². The quantitative estimate of drug-likeness (QED) is 0.917. The third kappa shape index (κ3) is 3.25. The number of aromatic nitrogens is 2. The molecule has 1 aromatic rings. The van der Waals surface area contributed by atoms with Crippen LogP contribution in [0.15, 0.2) is 12.3 Å². The molecule has 6 nitrogen and oxygen atoms in total. The zero-order chi connectivity index (χ0) is 15.8. The van der Waals surface area contributed by atoms with Crippen molar-refractivity contribution >= 4 is 11.8 Å². The predicted octanol–water partition coefficient (Wildman–Crippen LogP) is 1.48. The van der Waals surface area contributed by atoms with Gasteiger partial charge < -0.3 is 10.2 Å². The first-order valence-electron chi connectivity index (χ1n) is 7.37. The molecule has 0 bridgehead atoms. The number of rotatable bonds is 3. The molecule has 1 saturated heterocycles. The number of nitrogens with one attached hydrogen (secondary N) is 1. The summed E-state index contributed by atoms with van der Waals surface area (Å²) in [6.45, 7) is 9.93. The minimum atomic E-state index is -0.873. The number of hydrogen-bond donors (Lipinski definition) is 1. The van der Waals surface area contributed by atoms with Crippen molar-refractivity contribution in [2.45, 2.75) is 65.2 Å². The van der Waals surface area contributed by atoms with E-state index in [4.69, 9.17) is 0 Å². The second-order valence-corrected chi connectivity index (χ2v) is 6.54. The third-order valence-electron chi connectivity index (χ3n) is 3.79. The molecule has 1 aliphatic rings. The van der Waals surface area contributed by atoms with Crippen molar-refractivity contribution in [3.63, 3.8) is 0 Å². The lowest BCUT2D eigenvalue weighted by Gasteiger charge is -2.31. The number of hydrogen-bond acceptors (Lipinski definition) is 3. The summed E-state index contributed by atoms with van der Waals surface area (Å²) in [5, 5.41) is 7.27. The second-order valence-electron chi connectivity index (χ2n) is 6.54. The molecule has 0 aromatic carbocycles. The fourth-order valence-corrected chi connectivity index (χ4v) is 2.54. The van der Waals surface area contributed by atoms with Gasteiger partial charge in [0.2, 0.25) is 11.8 Å². The molecule has 0 aliphatic carbocycles. The van der Waals surface area contributed by atoms with E-state index >= 15 is 0 Å². The molecule has 116 valence electrons. The van der Waals surface area contributed by atoms with Crippen LogP contribution in [0.3, 0.4) is 0 Å². The van der Waals surface area contributed by atoms with Gasteiger partial charge in [0.25, 0.3) is 0 Å². The summed E-state index contributed by atoms with van der Waals surface area (Å²) in [6, 6.07) is 2.08. The lowest BCUT2D eigenvalue weighted by atomic mass is 10.0. The molecule has 6 heteroatoms. The van der Waals surface area contributed by atoms with Gasteiger partial charge in [-0.05, 0) is 40.7 Å². The van der Waals surface area contributed by atoms with Gasteiger partial charge in [-0.1, -0.05) is 0 Å². The van der Waals surface area contributed by atoms with Crippen LogP contribution in [0, 0.1) is 0 Å². The Kier molecular flexibility index (Phi) is 4.07. The van der Waals surface area contributed by atoms with Crippen LogP contribution < -0.4 is 5.32 Å². The summed E-state index contributed by atoms with van der Waals surface area (Å²) in [6.07, 6.45) is 2.24. The molecule has 1 aliphatic heterocycles. The molecule has 1 N–H and O–H groups in total. The smallest absolute Gasteiger partial charge is 0.248 e. The Balaban J connectivity index is 2.22. The van der Waals surface area contributed by atoms with Gasteiger partial charge in [-0.2, -0.15) is 5.10 Å². The van der Waals surface area contributed by atoms with Gasteiger partial charge in [-0.25, -0.2) is 0 Å². The normalized spacial score (nSPS) is 22.4. The fourth-order valence-electron chi connectivity index (χ4n) is 2.54. The lowest BCUT2D eigenvalue weighted by Crippen LogP contribution is -2.53. The van der Waals surface area contributed by atoms with Crippen molar-refractivity contribution < 1.29 is 9.59 Å². The van der Waals surface area contributed by atoms with E-state index in [1.165, 1.54) is 0 Å². The van der Waals surface area contributed by atoms with Crippen LogP contribution in [-0.4, -0.2) is 38.1 Å². The van der Waals surface area contributed by atoms with Crippen molar-refractivity contribution in [3.05, 3.63) is 18.0 Å². The second kappa shape index (κ2) is 5.50. The van der Waals surface area contributed by atoms with Crippen molar-refractivity contribution in [2.75, 3.05) is 0 Å². The highest BCUT2D eigenvalue weighted by molar-refractivity contribution is 5.93. The Hall–Kier alpha value is -1.85. The first-order chi connectivity index (χ1) is 9.70. The Morgan fingerprint density at radius 1 is 1.43 bits per heavy atom. The highest BCUT2D eigenvalue weighted by Gasteiger charge is 2.39. The maximum atomic E-state index is 12.6. The topological polar surface area (TPSA) is 67.2 Å². The van der Waals surface area contributed by atoms with Crippen LogP contribution in [0.5, 0.6) is 0 Å². The summed E-state index contributed by atoms with van der Waals surface area (Å²) in [4.78, 5) is 26.2. The van der Waals surface area contributed by atoms with Gasteiger partial charge in [0.05, 0.1) is 12.2 Å². The molecule has 0 radical (unpaired) electrons. The monoisotopic (exact) mass is 292 g/mol. The van der Waals surface area contributed by atoms with Crippen LogP contribution in [0.4, 0.5) is 0 Å². The lowest BCUT2D eigenvalue weighted by molar-refractivity contribution is -0.139. The van der Waals surface area contributed by atoms with Crippen LogP contribution in [0.1, 0.15) is 52.8 Å². The largest absolute Gasteiger partial charge is 0.342 e. The highest BCUT2D eigenvalue weighted by atomic mass is 16.2. The first kappa shape index (κ1) is 15.5. The van der Waals surface area contributed by atoms with Gasteiger partial charge in [0, 0.05) is 24.7 Å². The van der Waals surface area contributed by atoms with E-state index < -0.39 is 5.54 Å². The van der Waals surface area contributed by atoms with E-state index in [1.807, 2.05) is 23.9 Å². The summed E-state index contributed by atoms with van der Waals surface area (Å²) in [5.74, 6) is -0.156. The number of carbonyl (C=O) groups excluding carboxylic acids is 2. The van der Waals surface area contributed by atoms with E-state index in [2.05, 4.69) is 24.3 Å². The van der Waals surface area contributed by atoms with Crippen molar-refractivity contribution in [1.82, 2.24) is 20.0 Å². The van der Waals surface area contributed by atoms with E-state index in [1.54, 1.807) is 18.7 Å². The van der Waals surface area contributed by atoms with Gasteiger partial charge >= 0.3 is 0 Å². The molecule has 1 fully saturated rings. The van der Waals surface area contributed by atoms with Crippen LogP contribution in [0.2, 0.25) is 0 Å². The maximum absolute atomic E-state index is 12.6. The molecular weight excluding hydrogens is 268 g/mol. The van der Waals surface area contributed by atoms with Crippen LogP contribution in [-0.2, 0) is 16.1 Å². The molecule has 21 heavy (non-hydrogen) atoms. The summed E-state index contributed by atoms with van der Waals surface area (Å²) in [5.41, 5.74) is -0.0309. The molecule has 0 saturated carbocycles. The standard InChI is InChI=1S/C15H24N4O2/c1-10(2)19-7-6-12(17-19)9-18-11(3)8-13(20)16-15(4,5)14(18)21/h6-7,10-11H,8-9H2,1-5H3,(H,16,20). The molecule has 2 heterocycles. The zero-order valence-corrected chi connectivity index (χ0v) is 13.4. The van der Waals surface area contributed by atoms with E-state index in [0.29, 0.717) is 13.0 Å². The number of carbonyl (C=O) groups is 2. The van der Waals surface area contributed by atoms with Crippen molar-refractivity contribution in [2.24, 2.45) is 0 Å². The number of amides is 2. The summed E-state index contributed by atoms with van der Waals surface area (Å²) in [7, 11) is 0. The predicted molar refractivity (Wildman–Crippen MR) is 79.5 cm³/mol. The highest BCUT2D eigenvalue weighted by Crippen LogP contribution is 2.20. The van der Waals surface area contributed by atoms with Gasteiger partial charge in [0.1, 0.15) is 5.54 Å². The van der Waals surface area contributed by atoms with Crippen LogP contribution >= 0.6 is 0 Å². The Morgan fingerprint density at radius 3 is 2.67 bits per heavy atom. The Morgan fingerprint density at radius 2 is 2.10 bits per heavy atom. The minimum Gasteiger partial charge on any atom is -0.342 e. The van der Waals surface area contributed by atoms with E-state index in [9.17, 15) is 9.59 Å². The van der Waals surface area contributed by atoms with Gasteiger partial charge in [-0.15, -0.1) is 0 Å². The molecule has 2 rings (SSSR count). The first-order valence-corrected chi connectivity index (χ1v) is 7.37. The molecule has 1 unspecified atom stereocenters. The fraction of sp³-hybridized carbons (Fsp3) is 0.667. The summed E-state index contributed by atoms with van der Waals surface area (Å²) < 4.78 is 1.87. The molecule has 1 atom stereocenters. The molecule has 2 amide bonds. The Labute approximate surface area is 125 Å². The van der Waals surface area contributed by atoms with Gasteiger partial charge in [-0.3, -0.25) is 14.3 Å². The molecule has 0 spiro atoms. The minimum absolute atomic E-state index is 0.0695. The maximum Gasteiger partial charge on any atom is 0.248 e. The van der Waals surface area contributed by atoms with Crippen molar-refractivity contribution in [3.8, 4) is 0 Å². The van der Waals surface area contributed by atoms with E-state index in [0.717, 1.165) is 5.69 Å². The summed E-state index contributed by atoms with van der Waals surface area (Å²) >= 11 is 0.